The Balaban J connectivity index is 1.43. The van der Waals surface area contributed by atoms with Gasteiger partial charge in [-0.3, -0.25) is 9.67 Å². The van der Waals surface area contributed by atoms with Crippen LogP contribution in [-0.4, -0.2) is 77.0 Å². The lowest BCUT2D eigenvalue weighted by Gasteiger charge is -2.34. The van der Waals surface area contributed by atoms with Crippen molar-refractivity contribution in [1.82, 2.24) is 24.9 Å². The first kappa shape index (κ1) is 22.4. The molecule has 2 saturated heterocycles. The van der Waals surface area contributed by atoms with Gasteiger partial charge in [0.2, 0.25) is 0 Å². The van der Waals surface area contributed by atoms with Crippen molar-refractivity contribution >= 4 is 12.1 Å². The summed E-state index contributed by atoms with van der Waals surface area (Å²) in [6.45, 7) is 10.2. The van der Waals surface area contributed by atoms with Crippen LogP contribution in [-0.2, 0) is 11.8 Å². The number of rotatable bonds is 4. The molecule has 0 radical (unpaired) electrons. The molecule has 0 saturated carbocycles. The van der Waals surface area contributed by atoms with Gasteiger partial charge >= 0.3 is 6.09 Å². The van der Waals surface area contributed by atoms with Crippen LogP contribution in [0.2, 0.25) is 0 Å². The monoisotopic (exact) mass is 418 g/mol. The highest BCUT2D eigenvalue weighted by Crippen LogP contribution is 2.27. The Bertz CT molecular complexity index is 738. The van der Waals surface area contributed by atoms with Gasteiger partial charge < -0.3 is 19.9 Å². The van der Waals surface area contributed by atoms with Gasteiger partial charge in [-0.2, -0.15) is 5.10 Å². The lowest BCUT2D eigenvalue weighted by molar-refractivity contribution is 0.0162. The number of nitrogens with one attached hydrogen (secondary N) is 1. The van der Waals surface area contributed by atoms with Crippen molar-refractivity contribution in [1.29, 1.82) is 0 Å². The highest BCUT2D eigenvalue weighted by molar-refractivity contribution is 5.80. The zero-order chi connectivity index (χ0) is 21.7. The van der Waals surface area contributed by atoms with E-state index in [0.29, 0.717) is 11.8 Å². The minimum Gasteiger partial charge on any atom is -0.444 e. The molecule has 0 bridgehead atoms. The van der Waals surface area contributed by atoms with Crippen LogP contribution in [0, 0.1) is 5.92 Å². The van der Waals surface area contributed by atoms with Crippen molar-refractivity contribution in [2.45, 2.75) is 58.0 Å². The van der Waals surface area contributed by atoms with Crippen molar-refractivity contribution in [2.75, 3.05) is 39.8 Å². The van der Waals surface area contributed by atoms with Crippen molar-refractivity contribution in [3.05, 3.63) is 18.0 Å². The van der Waals surface area contributed by atoms with E-state index >= 15 is 0 Å². The van der Waals surface area contributed by atoms with E-state index in [2.05, 4.69) is 26.5 Å². The van der Waals surface area contributed by atoms with E-state index in [1.807, 2.05) is 50.6 Å². The Morgan fingerprint density at radius 3 is 2.73 bits per heavy atom. The van der Waals surface area contributed by atoms with Gasteiger partial charge in [-0.1, -0.05) is 0 Å². The third-order valence-electron chi connectivity index (χ3n) is 5.90. The van der Waals surface area contributed by atoms with Gasteiger partial charge in [0.05, 0.1) is 6.20 Å². The largest absolute Gasteiger partial charge is 0.444 e. The molecule has 0 aliphatic carbocycles. The molecule has 3 heterocycles. The normalized spacial score (nSPS) is 23.0. The number of amides is 1. The maximum absolute atomic E-state index is 12.4. The molecule has 8 heteroatoms. The second kappa shape index (κ2) is 9.71. The summed E-state index contributed by atoms with van der Waals surface area (Å²) >= 11 is 0. The number of hydrogen-bond acceptors (Lipinski definition) is 4. The number of aromatic nitrogens is 2. The van der Waals surface area contributed by atoms with Gasteiger partial charge in [-0.05, 0) is 57.9 Å². The SMILES string of the molecule is CN=C(NCCC1CCCN(C(=O)OC(C)(C)C)C1)N1CCC(c2cnn(C)c2)C1. The Morgan fingerprint density at radius 2 is 2.07 bits per heavy atom. The summed E-state index contributed by atoms with van der Waals surface area (Å²) in [6, 6.07) is 0. The predicted octanol–water partition coefficient (Wildman–Crippen LogP) is 2.82. The minimum atomic E-state index is -0.443. The quantitative estimate of drug-likeness (QED) is 0.601. The fourth-order valence-electron chi connectivity index (χ4n) is 4.39. The summed E-state index contributed by atoms with van der Waals surface area (Å²) in [6.07, 6.45) is 8.25. The van der Waals surface area contributed by atoms with E-state index in [0.717, 1.165) is 64.4 Å². The standard InChI is InChI=1S/C22H38N6O2/c1-22(2,3)30-21(29)28-11-6-7-17(14-28)8-10-24-20(23-4)27-12-9-18(16-27)19-13-25-26(5)15-19/h13,15,17-18H,6-12,14,16H2,1-5H3,(H,23,24). The van der Waals surface area contributed by atoms with Gasteiger partial charge in [-0.25, -0.2) is 4.79 Å². The number of guanidine groups is 1. The number of carbonyl (C=O) groups excluding carboxylic acids is 1. The Labute approximate surface area is 180 Å². The predicted molar refractivity (Wildman–Crippen MR) is 119 cm³/mol. The van der Waals surface area contributed by atoms with E-state index < -0.39 is 5.60 Å². The zero-order valence-corrected chi connectivity index (χ0v) is 19.2. The summed E-state index contributed by atoms with van der Waals surface area (Å²) in [5, 5.41) is 7.84. The smallest absolute Gasteiger partial charge is 0.410 e. The lowest BCUT2D eigenvalue weighted by Crippen LogP contribution is -2.44. The van der Waals surface area contributed by atoms with Crippen LogP contribution in [0.1, 0.15) is 57.9 Å². The second-order valence-electron chi connectivity index (χ2n) is 9.58. The summed E-state index contributed by atoms with van der Waals surface area (Å²) in [7, 11) is 3.82. The summed E-state index contributed by atoms with van der Waals surface area (Å²) < 4.78 is 7.41. The average Bonchev–Trinajstić information content (AvgIpc) is 3.33. The Kier molecular flexibility index (Phi) is 7.26. The van der Waals surface area contributed by atoms with Gasteiger partial charge in [0.1, 0.15) is 5.60 Å². The molecule has 1 aromatic rings. The molecular weight excluding hydrogens is 380 g/mol. The molecule has 1 N–H and O–H groups in total. The van der Waals surface area contributed by atoms with Crippen LogP contribution in [0.15, 0.2) is 17.4 Å². The molecule has 0 aromatic carbocycles. The van der Waals surface area contributed by atoms with Crippen molar-refractivity contribution in [3.8, 4) is 0 Å². The van der Waals surface area contributed by atoms with Gasteiger partial charge in [0, 0.05) is 58.9 Å². The number of hydrogen-bond donors (Lipinski definition) is 1. The van der Waals surface area contributed by atoms with Crippen LogP contribution in [0.5, 0.6) is 0 Å². The second-order valence-corrected chi connectivity index (χ2v) is 9.58. The van der Waals surface area contributed by atoms with Crippen LogP contribution in [0.3, 0.4) is 0 Å². The molecule has 3 rings (SSSR count). The number of likely N-dealkylation sites (tertiary alicyclic amines) is 2. The van der Waals surface area contributed by atoms with E-state index in [-0.39, 0.29) is 6.09 Å². The number of aryl methyl sites for hydroxylation is 1. The fraction of sp³-hybridized carbons (Fsp3) is 0.773. The van der Waals surface area contributed by atoms with Crippen LogP contribution in [0.4, 0.5) is 4.79 Å². The minimum absolute atomic E-state index is 0.186. The maximum Gasteiger partial charge on any atom is 0.410 e. The molecule has 30 heavy (non-hydrogen) atoms. The van der Waals surface area contributed by atoms with Gasteiger partial charge in [-0.15, -0.1) is 0 Å². The molecule has 2 aliphatic heterocycles. The highest BCUT2D eigenvalue weighted by Gasteiger charge is 2.29. The molecule has 1 amide bonds. The summed E-state index contributed by atoms with van der Waals surface area (Å²) in [5.74, 6) is 1.98. The van der Waals surface area contributed by atoms with E-state index in [9.17, 15) is 4.79 Å². The number of nitrogens with zero attached hydrogens (tertiary/aromatic N) is 5. The van der Waals surface area contributed by atoms with E-state index in [1.54, 1.807) is 0 Å². The molecule has 2 aliphatic rings. The fourth-order valence-corrected chi connectivity index (χ4v) is 4.39. The highest BCUT2D eigenvalue weighted by atomic mass is 16.6. The van der Waals surface area contributed by atoms with Gasteiger partial charge in [0.15, 0.2) is 5.96 Å². The third-order valence-corrected chi connectivity index (χ3v) is 5.90. The number of piperidine rings is 1. The zero-order valence-electron chi connectivity index (χ0n) is 19.2. The molecular formula is C22H38N6O2. The van der Waals surface area contributed by atoms with Crippen molar-refractivity contribution in [2.24, 2.45) is 18.0 Å². The molecule has 8 nitrogen and oxygen atoms in total. The number of aliphatic imine (C=N–C) groups is 1. The molecule has 2 unspecified atom stereocenters. The molecule has 2 fully saturated rings. The molecule has 0 spiro atoms. The van der Waals surface area contributed by atoms with E-state index in [4.69, 9.17) is 4.74 Å². The van der Waals surface area contributed by atoms with Gasteiger partial charge in [0.25, 0.3) is 0 Å². The third kappa shape index (κ3) is 6.12. The molecule has 168 valence electrons. The topological polar surface area (TPSA) is 75.0 Å². The first-order chi connectivity index (χ1) is 14.2. The average molecular weight is 419 g/mol. The Hall–Kier alpha value is -2.25. The summed E-state index contributed by atoms with van der Waals surface area (Å²) in [4.78, 5) is 21.1. The van der Waals surface area contributed by atoms with Crippen molar-refractivity contribution in [3.63, 3.8) is 0 Å². The maximum atomic E-state index is 12.4. The molecule has 1 aromatic heterocycles. The number of ether oxygens (including phenoxy) is 1. The first-order valence-electron chi connectivity index (χ1n) is 11.2. The van der Waals surface area contributed by atoms with Crippen LogP contribution < -0.4 is 5.32 Å². The first-order valence-corrected chi connectivity index (χ1v) is 11.2. The lowest BCUT2D eigenvalue weighted by atomic mass is 9.95. The van der Waals surface area contributed by atoms with E-state index in [1.165, 1.54) is 5.56 Å². The van der Waals surface area contributed by atoms with Crippen LogP contribution in [0.25, 0.3) is 0 Å². The van der Waals surface area contributed by atoms with Crippen molar-refractivity contribution < 1.29 is 9.53 Å². The Morgan fingerprint density at radius 1 is 1.27 bits per heavy atom. The number of carbonyl (C=O) groups is 1. The summed E-state index contributed by atoms with van der Waals surface area (Å²) in [5.41, 5.74) is 0.862. The van der Waals surface area contributed by atoms with Crippen LogP contribution >= 0.6 is 0 Å². The molecule has 2 atom stereocenters.